The molecule has 2 aromatic rings. The minimum atomic E-state index is 0.645. The topological polar surface area (TPSA) is 45.8 Å². The fourth-order valence-corrected chi connectivity index (χ4v) is 1.87. The highest BCUT2D eigenvalue weighted by Crippen LogP contribution is 2.26. The summed E-state index contributed by atoms with van der Waals surface area (Å²) in [6, 6.07) is 6.13. The van der Waals surface area contributed by atoms with Gasteiger partial charge in [-0.05, 0) is 26.3 Å². The number of H-pyrrole nitrogens is 1. The Hall–Kier alpha value is -1.90. The summed E-state index contributed by atoms with van der Waals surface area (Å²) in [5.74, 6) is 0. The smallest absolute Gasteiger partial charge is 0.154 e. The van der Waals surface area contributed by atoms with Gasteiger partial charge in [0.1, 0.15) is 5.69 Å². The Kier molecular flexibility index (Phi) is 2.60. The number of nitrogens with one attached hydrogen (secondary N) is 1. The molecule has 0 atom stereocenters. The first kappa shape index (κ1) is 10.6. The molecule has 1 aromatic carbocycles. The van der Waals surface area contributed by atoms with Gasteiger partial charge in [0.15, 0.2) is 6.29 Å². The van der Waals surface area contributed by atoms with Crippen LogP contribution in [0.2, 0.25) is 0 Å². The molecule has 0 saturated heterocycles. The van der Waals surface area contributed by atoms with Crippen LogP contribution in [-0.2, 0) is 0 Å². The van der Waals surface area contributed by atoms with E-state index in [1.54, 1.807) is 0 Å². The number of aromatic amines is 1. The fourth-order valence-electron chi connectivity index (χ4n) is 1.87. The highest BCUT2D eigenvalue weighted by molar-refractivity contribution is 5.87. The largest absolute Gasteiger partial charge is 0.298 e. The number of hydrogen-bond acceptors (Lipinski definition) is 2. The lowest BCUT2D eigenvalue weighted by atomic mass is 10.0. The number of aldehydes is 1. The number of carbonyl (C=O) groups excluding carboxylic acids is 1. The molecule has 1 aromatic heterocycles. The molecule has 82 valence electrons. The average molecular weight is 214 g/mol. The van der Waals surface area contributed by atoms with Crippen molar-refractivity contribution in [3.63, 3.8) is 0 Å². The highest BCUT2D eigenvalue weighted by Gasteiger charge is 2.12. The number of rotatable bonds is 2. The Morgan fingerprint density at radius 2 is 2.00 bits per heavy atom. The summed E-state index contributed by atoms with van der Waals surface area (Å²) in [6.07, 6.45) is 0.855. The van der Waals surface area contributed by atoms with E-state index in [0.717, 1.165) is 28.8 Å². The Bertz CT molecular complexity index is 541. The van der Waals surface area contributed by atoms with Gasteiger partial charge in [-0.1, -0.05) is 23.8 Å². The molecule has 0 radical (unpaired) electrons. The van der Waals surface area contributed by atoms with E-state index in [2.05, 4.69) is 16.3 Å². The van der Waals surface area contributed by atoms with E-state index < -0.39 is 0 Å². The maximum Gasteiger partial charge on any atom is 0.154 e. The minimum Gasteiger partial charge on any atom is -0.298 e. The van der Waals surface area contributed by atoms with Crippen molar-refractivity contribution in [2.75, 3.05) is 0 Å². The fraction of sp³-hybridized carbons (Fsp3) is 0.231. The van der Waals surface area contributed by atoms with E-state index in [4.69, 9.17) is 0 Å². The quantitative estimate of drug-likeness (QED) is 0.781. The standard InChI is InChI=1S/C13H14N2O/c1-8-4-5-11(9(2)6-8)13-12(7-16)10(3)14-15-13/h4-7H,1-3H3,(H,14,15). The normalized spacial score (nSPS) is 10.4. The van der Waals surface area contributed by atoms with Gasteiger partial charge in [0.25, 0.3) is 0 Å². The van der Waals surface area contributed by atoms with Crippen LogP contribution in [-0.4, -0.2) is 16.5 Å². The minimum absolute atomic E-state index is 0.645. The zero-order chi connectivity index (χ0) is 11.7. The highest BCUT2D eigenvalue weighted by atomic mass is 16.1. The van der Waals surface area contributed by atoms with Gasteiger partial charge >= 0.3 is 0 Å². The number of nitrogens with zero attached hydrogens (tertiary/aromatic N) is 1. The van der Waals surface area contributed by atoms with E-state index in [1.807, 2.05) is 32.9 Å². The molecular weight excluding hydrogens is 200 g/mol. The van der Waals surface area contributed by atoms with E-state index in [9.17, 15) is 4.79 Å². The number of carbonyl (C=O) groups is 1. The van der Waals surface area contributed by atoms with Crippen LogP contribution in [0, 0.1) is 20.8 Å². The van der Waals surface area contributed by atoms with Crippen LogP contribution >= 0.6 is 0 Å². The van der Waals surface area contributed by atoms with Crippen LogP contribution in [0.4, 0.5) is 0 Å². The van der Waals surface area contributed by atoms with Gasteiger partial charge in [0.2, 0.25) is 0 Å². The second-order valence-corrected chi connectivity index (χ2v) is 4.05. The molecule has 0 bridgehead atoms. The molecule has 3 nitrogen and oxygen atoms in total. The molecule has 3 heteroatoms. The lowest BCUT2D eigenvalue weighted by Gasteiger charge is -2.04. The van der Waals surface area contributed by atoms with Gasteiger partial charge in [-0.25, -0.2) is 0 Å². The van der Waals surface area contributed by atoms with Crippen LogP contribution in [0.5, 0.6) is 0 Å². The molecule has 0 unspecified atom stereocenters. The molecule has 1 N–H and O–H groups in total. The summed E-state index contributed by atoms with van der Waals surface area (Å²) >= 11 is 0. The maximum atomic E-state index is 11.0. The van der Waals surface area contributed by atoms with E-state index in [-0.39, 0.29) is 0 Å². The van der Waals surface area contributed by atoms with Crippen molar-refractivity contribution < 1.29 is 4.79 Å². The number of hydrogen-bond donors (Lipinski definition) is 1. The molecule has 2 rings (SSSR count). The summed E-state index contributed by atoms with van der Waals surface area (Å²) in [5, 5.41) is 7.04. The monoisotopic (exact) mass is 214 g/mol. The predicted molar refractivity (Wildman–Crippen MR) is 63.6 cm³/mol. The van der Waals surface area contributed by atoms with Crippen LogP contribution in [0.15, 0.2) is 18.2 Å². The summed E-state index contributed by atoms with van der Waals surface area (Å²) in [6.45, 7) is 5.93. The molecule has 0 aliphatic heterocycles. The number of benzene rings is 1. The SMILES string of the molecule is Cc1ccc(-c2n[nH]c(C)c2C=O)c(C)c1. The van der Waals surface area contributed by atoms with Gasteiger partial charge in [-0.15, -0.1) is 0 Å². The maximum absolute atomic E-state index is 11.0. The third kappa shape index (κ3) is 1.65. The third-order valence-corrected chi connectivity index (χ3v) is 2.75. The van der Waals surface area contributed by atoms with Gasteiger partial charge in [0.05, 0.1) is 5.56 Å². The van der Waals surface area contributed by atoms with Gasteiger partial charge < -0.3 is 0 Å². The van der Waals surface area contributed by atoms with E-state index in [0.29, 0.717) is 5.56 Å². The van der Waals surface area contributed by atoms with E-state index >= 15 is 0 Å². The van der Waals surface area contributed by atoms with Gasteiger partial charge in [0, 0.05) is 11.3 Å². The van der Waals surface area contributed by atoms with Gasteiger partial charge in [-0.2, -0.15) is 5.10 Å². The van der Waals surface area contributed by atoms with Crippen LogP contribution < -0.4 is 0 Å². The zero-order valence-electron chi connectivity index (χ0n) is 9.66. The van der Waals surface area contributed by atoms with Crippen molar-refractivity contribution in [2.24, 2.45) is 0 Å². The third-order valence-electron chi connectivity index (χ3n) is 2.75. The Labute approximate surface area is 94.5 Å². The predicted octanol–water partition coefficient (Wildman–Crippen LogP) is 2.81. The number of aryl methyl sites for hydroxylation is 3. The first-order valence-corrected chi connectivity index (χ1v) is 5.21. The van der Waals surface area contributed by atoms with Crippen molar-refractivity contribution in [1.82, 2.24) is 10.2 Å². The summed E-state index contributed by atoms with van der Waals surface area (Å²) in [5.41, 5.74) is 5.55. The molecule has 0 amide bonds. The summed E-state index contributed by atoms with van der Waals surface area (Å²) < 4.78 is 0. The molecule has 0 spiro atoms. The lowest BCUT2D eigenvalue weighted by molar-refractivity contribution is 0.112. The van der Waals surface area contributed by atoms with Crippen molar-refractivity contribution in [2.45, 2.75) is 20.8 Å². The Balaban J connectivity index is 2.63. The van der Waals surface area contributed by atoms with Crippen LogP contribution in [0.1, 0.15) is 27.2 Å². The average Bonchev–Trinajstić information content (AvgIpc) is 2.59. The number of aromatic nitrogens is 2. The summed E-state index contributed by atoms with van der Waals surface area (Å²) in [7, 11) is 0. The summed E-state index contributed by atoms with van der Waals surface area (Å²) in [4.78, 5) is 11.0. The van der Waals surface area contributed by atoms with Crippen molar-refractivity contribution >= 4 is 6.29 Å². The molecule has 0 saturated carbocycles. The molecule has 0 aliphatic rings. The lowest BCUT2D eigenvalue weighted by Crippen LogP contribution is -1.89. The van der Waals surface area contributed by atoms with Gasteiger partial charge in [-0.3, -0.25) is 9.89 Å². The Morgan fingerprint density at radius 1 is 1.25 bits per heavy atom. The molecular formula is C13H14N2O. The zero-order valence-corrected chi connectivity index (χ0v) is 9.66. The molecule has 16 heavy (non-hydrogen) atoms. The first-order chi connectivity index (χ1) is 7.63. The van der Waals surface area contributed by atoms with Crippen molar-refractivity contribution in [3.8, 4) is 11.3 Å². The molecule has 1 heterocycles. The van der Waals surface area contributed by atoms with E-state index in [1.165, 1.54) is 5.56 Å². The molecule has 0 fully saturated rings. The second-order valence-electron chi connectivity index (χ2n) is 4.05. The Morgan fingerprint density at radius 3 is 2.62 bits per heavy atom. The second kappa shape index (κ2) is 3.93. The first-order valence-electron chi connectivity index (χ1n) is 5.21. The van der Waals surface area contributed by atoms with Crippen LogP contribution in [0.25, 0.3) is 11.3 Å². The van der Waals surface area contributed by atoms with Crippen LogP contribution in [0.3, 0.4) is 0 Å². The van der Waals surface area contributed by atoms with Crippen molar-refractivity contribution in [1.29, 1.82) is 0 Å². The van der Waals surface area contributed by atoms with Crippen molar-refractivity contribution in [3.05, 3.63) is 40.6 Å². The molecule has 0 aliphatic carbocycles.